The summed E-state index contributed by atoms with van der Waals surface area (Å²) in [5, 5.41) is 22.7. The van der Waals surface area contributed by atoms with Gasteiger partial charge in [0, 0.05) is 43.7 Å². The van der Waals surface area contributed by atoms with Crippen molar-refractivity contribution in [3.8, 4) is 5.82 Å². The Hall–Kier alpha value is -5.38. The molecule has 0 bridgehead atoms. The number of nitrogens with zero attached hydrogens (tertiary/aromatic N) is 4. The van der Waals surface area contributed by atoms with E-state index in [-0.39, 0.29) is 17.3 Å². The van der Waals surface area contributed by atoms with E-state index in [1.54, 1.807) is 45.9 Å². The van der Waals surface area contributed by atoms with E-state index >= 15 is 0 Å². The molecule has 1 atom stereocenters. The van der Waals surface area contributed by atoms with Crippen LogP contribution in [0.2, 0.25) is 0 Å². The highest BCUT2D eigenvalue weighted by Crippen LogP contribution is 2.23. The van der Waals surface area contributed by atoms with Gasteiger partial charge in [0.2, 0.25) is 5.91 Å². The number of benzene rings is 2. The number of carbonyl (C=O) groups excluding carboxylic acids is 1. The zero-order valence-electron chi connectivity index (χ0n) is 23.8. The average Bonchev–Trinajstić information content (AvgIpc) is 3.77. The molecule has 0 aliphatic carbocycles. The van der Waals surface area contributed by atoms with Gasteiger partial charge in [-0.3, -0.25) is 4.79 Å². The molecule has 2 aromatic carbocycles. The summed E-state index contributed by atoms with van der Waals surface area (Å²) in [6.45, 7) is 2.37. The summed E-state index contributed by atoms with van der Waals surface area (Å²) in [4.78, 5) is 42.5. The van der Waals surface area contributed by atoms with E-state index in [9.17, 15) is 24.6 Å². The molecule has 220 valence electrons. The third kappa shape index (κ3) is 6.59. The van der Waals surface area contributed by atoms with Gasteiger partial charge in [0.15, 0.2) is 11.5 Å². The van der Waals surface area contributed by atoms with Crippen LogP contribution in [0.25, 0.3) is 5.82 Å². The minimum Gasteiger partial charge on any atom is -0.477 e. The lowest BCUT2D eigenvalue weighted by Crippen LogP contribution is -2.29. The first-order valence-corrected chi connectivity index (χ1v) is 14.2. The maximum absolute atomic E-state index is 13.5. The number of hydrogen-bond acceptors (Lipinski definition) is 4. The van der Waals surface area contributed by atoms with Crippen LogP contribution in [0.15, 0.2) is 97.5 Å². The fourth-order valence-corrected chi connectivity index (χ4v) is 5.15. The van der Waals surface area contributed by atoms with Crippen molar-refractivity contribution < 1.29 is 24.6 Å². The molecule has 10 heteroatoms. The van der Waals surface area contributed by atoms with Crippen LogP contribution in [0.3, 0.4) is 0 Å². The number of anilines is 1. The molecule has 0 spiro atoms. The Labute approximate surface area is 248 Å². The van der Waals surface area contributed by atoms with E-state index in [4.69, 9.17) is 4.98 Å². The standard InChI is InChI=1S/C33H33N5O5/c1-2-3-13-28-35-30(36-18-7-8-19-36)29(33(42)43)38(28)22-24-14-16-25(17-15-24)34-31(39)27(21-23-10-5-4-6-11-23)37-20-9-12-26(37)32(40)41/h4-12,14-20,27H,2-3,13,21-22H2,1H3,(H,34,39)(H,40,41)(H,42,43)/t27-/m0/s1. The molecule has 3 N–H and O–H groups in total. The van der Waals surface area contributed by atoms with Gasteiger partial charge in [0.05, 0.1) is 0 Å². The van der Waals surface area contributed by atoms with Crippen LogP contribution < -0.4 is 5.32 Å². The Morgan fingerprint density at radius 1 is 0.837 bits per heavy atom. The van der Waals surface area contributed by atoms with Gasteiger partial charge in [-0.05, 0) is 53.9 Å². The van der Waals surface area contributed by atoms with Crippen molar-refractivity contribution in [1.82, 2.24) is 18.7 Å². The van der Waals surface area contributed by atoms with Gasteiger partial charge >= 0.3 is 11.9 Å². The summed E-state index contributed by atoms with van der Waals surface area (Å²) < 4.78 is 4.93. The van der Waals surface area contributed by atoms with Gasteiger partial charge in [-0.1, -0.05) is 55.8 Å². The first kappa shape index (κ1) is 29.1. The summed E-state index contributed by atoms with van der Waals surface area (Å²) >= 11 is 0. The van der Waals surface area contributed by atoms with Gasteiger partial charge < -0.3 is 29.2 Å². The van der Waals surface area contributed by atoms with E-state index in [0.717, 1.165) is 24.0 Å². The van der Waals surface area contributed by atoms with Crippen molar-refractivity contribution in [1.29, 1.82) is 0 Å². The fraction of sp³-hybridized carbons (Fsp3) is 0.212. The fourth-order valence-electron chi connectivity index (χ4n) is 5.15. The molecule has 0 aliphatic heterocycles. The minimum absolute atomic E-state index is 0.0270. The number of aromatic nitrogens is 4. The van der Waals surface area contributed by atoms with Crippen molar-refractivity contribution in [2.24, 2.45) is 0 Å². The number of unbranched alkanes of at least 4 members (excludes halogenated alkanes) is 1. The maximum Gasteiger partial charge on any atom is 0.356 e. The monoisotopic (exact) mass is 579 g/mol. The van der Waals surface area contributed by atoms with Crippen molar-refractivity contribution >= 4 is 23.5 Å². The molecule has 0 unspecified atom stereocenters. The molecule has 0 fully saturated rings. The number of amides is 1. The van der Waals surface area contributed by atoms with Crippen LogP contribution >= 0.6 is 0 Å². The highest BCUT2D eigenvalue weighted by molar-refractivity contribution is 5.95. The van der Waals surface area contributed by atoms with Gasteiger partial charge in [-0.2, -0.15) is 0 Å². The molecule has 10 nitrogen and oxygen atoms in total. The molecule has 5 rings (SSSR count). The summed E-state index contributed by atoms with van der Waals surface area (Å²) in [5.74, 6) is -1.44. The van der Waals surface area contributed by atoms with Crippen LogP contribution in [-0.4, -0.2) is 46.7 Å². The number of rotatable bonds is 13. The number of carboxylic acid groups (broad SMARTS) is 2. The van der Waals surface area contributed by atoms with E-state index in [1.165, 1.54) is 10.6 Å². The topological polar surface area (TPSA) is 131 Å². The van der Waals surface area contributed by atoms with E-state index < -0.39 is 18.0 Å². The van der Waals surface area contributed by atoms with E-state index in [2.05, 4.69) is 12.2 Å². The van der Waals surface area contributed by atoms with Crippen LogP contribution in [0.1, 0.15) is 63.7 Å². The van der Waals surface area contributed by atoms with Gasteiger partial charge in [-0.15, -0.1) is 0 Å². The summed E-state index contributed by atoms with van der Waals surface area (Å²) in [6.07, 6.45) is 7.93. The van der Waals surface area contributed by atoms with Crippen molar-refractivity contribution in [2.75, 3.05) is 5.32 Å². The molecular weight excluding hydrogens is 546 g/mol. The molecule has 0 radical (unpaired) electrons. The number of hydrogen-bond donors (Lipinski definition) is 3. The lowest BCUT2D eigenvalue weighted by Gasteiger charge is -2.21. The lowest BCUT2D eigenvalue weighted by molar-refractivity contribution is -0.119. The predicted molar refractivity (Wildman–Crippen MR) is 162 cm³/mol. The molecule has 3 heterocycles. The Balaban J connectivity index is 1.39. The SMILES string of the molecule is CCCCc1nc(-n2cccc2)c(C(=O)O)n1Cc1ccc(NC(=O)[C@H](Cc2ccccc2)n2cccc2C(=O)O)cc1. The molecule has 0 aliphatic rings. The molecule has 43 heavy (non-hydrogen) atoms. The molecule has 0 saturated carbocycles. The van der Waals surface area contributed by atoms with Crippen LogP contribution in [0.4, 0.5) is 5.69 Å². The van der Waals surface area contributed by atoms with Crippen LogP contribution in [0, 0.1) is 0 Å². The average molecular weight is 580 g/mol. The van der Waals surface area contributed by atoms with Crippen molar-refractivity contribution in [3.63, 3.8) is 0 Å². The van der Waals surface area contributed by atoms with Gasteiger partial charge in [-0.25, -0.2) is 14.6 Å². The zero-order chi connectivity index (χ0) is 30.3. The van der Waals surface area contributed by atoms with E-state index in [0.29, 0.717) is 36.7 Å². The number of carboxylic acids is 2. The van der Waals surface area contributed by atoms with Gasteiger partial charge in [0.25, 0.3) is 0 Å². The number of imidazole rings is 1. The number of aryl methyl sites for hydroxylation is 1. The molecule has 0 saturated heterocycles. The van der Waals surface area contributed by atoms with Gasteiger partial charge in [0.1, 0.15) is 17.6 Å². The second-order valence-electron chi connectivity index (χ2n) is 10.3. The second kappa shape index (κ2) is 13.1. The molecule has 5 aromatic rings. The number of nitrogens with one attached hydrogen (secondary N) is 1. The van der Waals surface area contributed by atoms with Crippen LogP contribution in [-0.2, 0) is 24.2 Å². The number of aromatic carboxylic acids is 2. The Morgan fingerprint density at radius 2 is 1.56 bits per heavy atom. The van der Waals surface area contributed by atoms with E-state index in [1.807, 2.05) is 54.6 Å². The quantitative estimate of drug-likeness (QED) is 0.164. The maximum atomic E-state index is 13.5. The zero-order valence-corrected chi connectivity index (χ0v) is 23.8. The normalized spacial score (nSPS) is 11.7. The molecule has 3 aromatic heterocycles. The lowest BCUT2D eigenvalue weighted by atomic mass is 10.0. The Kier molecular flexibility index (Phi) is 8.85. The summed E-state index contributed by atoms with van der Waals surface area (Å²) in [6, 6.07) is 22.6. The summed E-state index contributed by atoms with van der Waals surface area (Å²) in [7, 11) is 0. The Bertz CT molecular complexity index is 1700. The number of carbonyl (C=O) groups is 3. The van der Waals surface area contributed by atoms with Crippen LogP contribution in [0.5, 0.6) is 0 Å². The third-order valence-electron chi connectivity index (χ3n) is 7.30. The minimum atomic E-state index is -1.11. The first-order chi connectivity index (χ1) is 20.9. The molecular formula is C33H33N5O5. The third-order valence-corrected chi connectivity index (χ3v) is 7.30. The second-order valence-corrected chi connectivity index (χ2v) is 10.3. The first-order valence-electron chi connectivity index (χ1n) is 14.2. The van der Waals surface area contributed by atoms with Crippen molar-refractivity contribution in [2.45, 2.75) is 45.2 Å². The molecule has 1 amide bonds. The largest absolute Gasteiger partial charge is 0.477 e. The Morgan fingerprint density at radius 3 is 2.21 bits per heavy atom. The van der Waals surface area contributed by atoms with Crippen molar-refractivity contribution in [3.05, 3.63) is 126 Å². The smallest absolute Gasteiger partial charge is 0.356 e. The highest BCUT2D eigenvalue weighted by atomic mass is 16.4. The predicted octanol–water partition coefficient (Wildman–Crippen LogP) is 5.69. The highest BCUT2D eigenvalue weighted by Gasteiger charge is 2.26. The summed E-state index contributed by atoms with van der Waals surface area (Å²) in [5.41, 5.74) is 2.42.